The van der Waals surface area contributed by atoms with Crippen LogP contribution in [0.5, 0.6) is 0 Å². The molecule has 6 aromatic carbocycles. The fourth-order valence-corrected chi connectivity index (χ4v) is 11.6. The second kappa shape index (κ2) is 20.4. The van der Waals surface area contributed by atoms with E-state index in [2.05, 4.69) is 136 Å². The number of aromatic amines is 2. The first-order valence-corrected chi connectivity index (χ1v) is 26.3. The van der Waals surface area contributed by atoms with Gasteiger partial charge in [0.2, 0.25) is 0 Å². The van der Waals surface area contributed by atoms with Gasteiger partial charge in [0.1, 0.15) is 0 Å². The summed E-state index contributed by atoms with van der Waals surface area (Å²) in [5.74, 6) is -0.478. The molecular formula is C66H62N4O4. The molecule has 9 aromatic rings. The number of fused-ring (bicyclic) bond motifs is 12. The van der Waals surface area contributed by atoms with Crippen molar-refractivity contribution < 1.29 is 19.1 Å². The Labute approximate surface area is 432 Å². The summed E-state index contributed by atoms with van der Waals surface area (Å²) in [6.45, 7) is 13.7. The molecule has 0 saturated heterocycles. The van der Waals surface area contributed by atoms with Crippen LogP contribution in [0.3, 0.4) is 0 Å². The summed E-state index contributed by atoms with van der Waals surface area (Å²) in [5.41, 5.74) is 19.1. The summed E-state index contributed by atoms with van der Waals surface area (Å²) >= 11 is 0. The summed E-state index contributed by atoms with van der Waals surface area (Å²) < 4.78 is 12.1. The van der Waals surface area contributed by atoms with Crippen LogP contribution < -0.4 is 0 Å². The van der Waals surface area contributed by atoms with E-state index in [1.54, 1.807) is 0 Å². The number of hydrogen-bond donors (Lipinski definition) is 2. The van der Waals surface area contributed by atoms with Gasteiger partial charge in [-0.3, -0.25) is 9.59 Å². The van der Waals surface area contributed by atoms with Crippen molar-refractivity contribution in [3.63, 3.8) is 0 Å². The highest BCUT2D eigenvalue weighted by molar-refractivity contribution is 6.05. The minimum absolute atomic E-state index is 0.194. The van der Waals surface area contributed by atoms with Crippen LogP contribution in [0, 0.1) is 13.8 Å². The minimum Gasteiger partial charge on any atom is -0.465 e. The van der Waals surface area contributed by atoms with Crippen LogP contribution in [-0.2, 0) is 44.7 Å². The number of benzene rings is 6. The van der Waals surface area contributed by atoms with Gasteiger partial charge in [-0.15, -0.1) is 0 Å². The quantitative estimate of drug-likeness (QED) is 0.0638. The smallest absolute Gasteiger partial charge is 0.310 e. The molecule has 0 atom stereocenters. The number of allylic oxidation sites excluding steroid dienone is 4. The van der Waals surface area contributed by atoms with Crippen molar-refractivity contribution in [3.05, 3.63) is 190 Å². The lowest BCUT2D eigenvalue weighted by Crippen LogP contribution is -2.10. The number of H-pyrrole nitrogens is 2. The molecule has 2 aliphatic heterocycles. The van der Waals surface area contributed by atoms with Gasteiger partial charge in [-0.1, -0.05) is 111 Å². The highest BCUT2D eigenvalue weighted by Gasteiger charge is 2.23. The third kappa shape index (κ3) is 9.19. The van der Waals surface area contributed by atoms with E-state index in [0.717, 1.165) is 134 Å². The van der Waals surface area contributed by atoms with Gasteiger partial charge in [0.05, 0.1) is 48.8 Å². The highest BCUT2D eigenvalue weighted by Crippen LogP contribution is 2.39. The zero-order valence-corrected chi connectivity index (χ0v) is 43.3. The van der Waals surface area contributed by atoms with E-state index in [9.17, 15) is 9.59 Å². The Morgan fingerprint density at radius 1 is 0.432 bits per heavy atom. The summed E-state index contributed by atoms with van der Waals surface area (Å²) in [6, 6.07) is 46.1. The monoisotopic (exact) mass is 974 g/mol. The fraction of sp³-hybridized carbons (Fsp3) is 0.242. The van der Waals surface area contributed by atoms with Gasteiger partial charge in [0.25, 0.3) is 0 Å². The molecule has 370 valence electrons. The number of nitrogens with one attached hydrogen (secondary N) is 2. The summed E-state index contributed by atoms with van der Waals surface area (Å²) in [4.78, 5) is 45.7. The standard InChI is InChI=1S/C66H62N4O4/c1-7-47-39(3)57-35-58-41(5)49(27-17-29-73-65(71)33-55-51-23-13-9-19-43(51)31-44-20-10-14-24-52(44)55)63(69-58)38-64-50(42(6)60(70-64)37-62-48(8-2)40(4)59(68-62)36-61(47)67-57)28-18-30-74-66(72)34-56-53-25-15-11-21-45(53)32-46-22-12-16-26-54(46)56/h9-16,19-26,31-32,35-38,67-68H,7-8,17-18,27-30,33-34H2,1-6H3. The van der Waals surface area contributed by atoms with Gasteiger partial charge < -0.3 is 19.4 Å². The van der Waals surface area contributed by atoms with Gasteiger partial charge in [-0.2, -0.15) is 0 Å². The van der Waals surface area contributed by atoms with Crippen LogP contribution in [0.1, 0.15) is 110 Å². The molecule has 0 saturated carbocycles. The molecule has 5 heterocycles. The molecule has 11 rings (SSSR count). The number of carbonyl (C=O) groups excluding carboxylic acids is 2. The highest BCUT2D eigenvalue weighted by atomic mass is 16.5. The normalized spacial score (nSPS) is 12.7. The van der Waals surface area contributed by atoms with E-state index in [1.165, 1.54) is 22.3 Å². The maximum Gasteiger partial charge on any atom is 0.310 e. The van der Waals surface area contributed by atoms with Gasteiger partial charge in [0.15, 0.2) is 0 Å². The number of carbonyl (C=O) groups is 2. The van der Waals surface area contributed by atoms with E-state index in [1.807, 2.05) is 48.5 Å². The number of aromatic nitrogens is 4. The number of aryl methyl sites for hydroxylation is 4. The number of hydrogen-bond acceptors (Lipinski definition) is 6. The first-order chi connectivity index (χ1) is 36.1. The van der Waals surface area contributed by atoms with Gasteiger partial charge in [-0.25, -0.2) is 9.97 Å². The van der Waals surface area contributed by atoms with Crippen LogP contribution in [-0.4, -0.2) is 45.1 Å². The molecule has 0 amide bonds. The van der Waals surface area contributed by atoms with Crippen molar-refractivity contribution in [2.24, 2.45) is 0 Å². The lowest BCUT2D eigenvalue weighted by atomic mass is 9.95. The third-order valence-corrected chi connectivity index (χ3v) is 15.6. The zero-order valence-electron chi connectivity index (χ0n) is 43.3. The largest absolute Gasteiger partial charge is 0.465 e. The lowest BCUT2D eigenvalue weighted by Gasteiger charge is -2.12. The minimum atomic E-state index is -0.239. The average Bonchev–Trinajstić information content (AvgIpc) is 4.08. The number of ether oxygens (including phenoxy) is 2. The van der Waals surface area contributed by atoms with Crippen LogP contribution in [0.4, 0.5) is 0 Å². The lowest BCUT2D eigenvalue weighted by molar-refractivity contribution is -0.143. The van der Waals surface area contributed by atoms with Crippen LogP contribution in [0.25, 0.3) is 87.4 Å². The topological polar surface area (TPSA) is 110 Å². The molecule has 2 aliphatic rings. The average molecular weight is 975 g/mol. The van der Waals surface area contributed by atoms with Crippen molar-refractivity contribution in [2.45, 2.75) is 92.9 Å². The Kier molecular flexibility index (Phi) is 13.3. The Balaban J connectivity index is 0.904. The maximum absolute atomic E-state index is 13.7. The van der Waals surface area contributed by atoms with Gasteiger partial charge in [0, 0.05) is 22.1 Å². The molecule has 0 aliphatic carbocycles. The van der Waals surface area contributed by atoms with Crippen molar-refractivity contribution in [2.75, 3.05) is 13.2 Å². The van der Waals surface area contributed by atoms with Gasteiger partial charge >= 0.3 is 11.9 Å². The predicted octanol–water partition coefficient (Wildman–Crippen LogP) is 15.7. The van der Waals surface area contributed by atoms with E-state index in [0.29, 0.717) is 25.7 Å². The van der Waals surface area contributed by atoms with Crippen LogP contribution >= 0.6 is 0 Å². The molecular weight excluding hydrogens is 913 g/mol. The number of esters is 2. The molecule has 0 fully saturated rings. The second-order valence-corrected chi connectivity index (χ2v) is 20.0. The Bertz CT molecular complexity index is 3870. The molecule has 3 aromatic heterocycles. The first kappa shape index (κ1) is 48.2. The number of nitrogens with zero attached hydrogens (tertiary/aromatic N) is 2. The van der Waals surface area contributed by atoms with E-state index in [4.69, 9.17) is 19.4 Å². The molecule has 74 heavy (non-hydrogen) atoms. The van der Waals surface area contributed by atoms with Crippen molar-refractivity contribution >= 4 is 99.4 Å². The third-order valence-electron chi connectivity index (χ3n) is 15.6. The van der Waals surface area contributed by atoms with Gasteiger partial charge in [-0.05, 0) is 201 Å². The molecule has 0 radical (unpaired) electrons. The molecule has 2 N–H and O–H groups in total. The van der Waals surface area contributed by atoms with Crippen molar-refractivity contribution in [1.82, 2.24) is 19.9 Å². The Morgan fingerprint density at radius 2 is 0.797 bits per heavy atom. The predicted molar refractivity (Wildman–Crippen MR) is 305 cm³/mol. The second-order valence-electron chi connectivity index (χ2n) is 20.0. The molecule has 0 spiro atoms. The number of rotatable bonds is 14. The van der Waals surface area contributed by atoms with E-state index >= 15 is 0 Å². The summed E-state index contributed by atoms with van der Waals surface area (Å²) in [6.07, 6.45) is 4.72. The Morgan fingerprint density at radius 3 is 1.20 bits per heavy atom. The maximum atomic E-state index is 13.7. The van der Waals surface area contributed by atoms with E-state index < -0.39 is 0 Å². The summed E-state index contributed by atoms with van der Waals surface area (Å²) in [5, 5.41) is 8.73. The van der Waals surface area contributed by atoms with Crippen molar-refractivity contribution in [3.8, 4) is 0 Å². The van der Waals surface area contributed by atoms with Crippen LogP contribution in [0.2, 0.25) is 0 Å². The summed E-state index contributed by atoms with van der Waals surface area (Å²) in [7, 11) is 0. The molecule has 0 unspecified atom stereocenters. The zero-order chi connectivity index (χ0) is 51.0. The fourth-order valence-electron chi connectivity index (χ4n) is 11.6. The first-order valence-electron chi connectivity index (χ1n) is 26.3. The molecule has 8 bridgehead atoms. The van der Waals surface area contributed by atoms with Crippen LogP contribution in [0.15, 0.2) is 133 Å². The molecule has 8 heteroatoms. The van der Waals surface area contributed by atoms with E-state index in [-0.39, 0.29) is 38.0 Å². The SMILES string of the molecule is CCc1c(C)c2cc3[nH]c(cc4nc(cc5nc(cc1[nH]2)C(C)=C5CCCOC(=O)Cc1c2ccccc2cc2ccccc12)C(CCCOC(=O)Cc1c2ccccc2cc2ccccc12)=C4C)c(C)c3CC. The molecule has 8 nitrogen and oxygen atoms in total. The van der Waals surface area contributed by atoms with Crippen molar-refractivity contribution in [1.29, 1.82) is 0 Å². The Hall–Kier alpha value is -8.10.